The molecule has 0 aliphatic heterocycles. The number of aryl methyl sites for hydroxylation is 2. The SMILES string of the molecule is O=C(CCSCc1nc2sc3c(c2c(=O)[nH]1)CCCC3)NC(c1ccccc1)c1ccccc1. The molecule has 0 unspecified atom stereocenters. The molecule has 0 saturated heterocycles. The fourth-order valence-corrected chi connectivity index (χ4v) is 6.58. The first kappa shape index (κ1) is 22.9. The lowest BCUT2D eigenvalue weighted by atomic mass is 9.97. The van der Waals surface area contributed by atoms with E-state index < -0.39 is 0 Å². The van der Waals surface area contributed by atoms with Gasteiger partial charge in [0.25, 0.3) is 5.56 Å². The fraction of sp³-hybridized carbons (Fsp3) is 0.296. The van der Waals surface area contributed by atoms with Gasteiger partial charge in [-0.05, 0) is 42.4 Å². The summed E-state index contributed by atoms with van der Waals surface area (Å²) in [5.74, 6) is 1.94. The van der Waals surface area contributed by atoms with Gasteiger partial charge in [-0.25, -0.2) is 4.98 Å². The second-order valence-electron chi connectivity index (χ2n) is 8.53. The van der Waals surface area contributed by atoms with Crippen molar-refractivity contribution in [3.63, 3.8) is 0 Å². The van der Waals surface area contributed by atoms with Crippen LogP contribution in [0.3, 0.4) is 0 Å². The number of hydrogen-bond acceptors (Lipinski definition) is 5. The van der Waals surface area contributed by atoms with Crippen LogP contribution >= 0.6 is 23.1 Å². The molecule has 0 bridgehead atoms. The lowest BCUT2D eigenvalue weighted by molar-refractivity contribution is -0.121. The van der Waals surface area contributed by atoms with Crippen molar-refractivity contribution in [3.05, 3.63) is 98.4 Å². The summed E-state index contributed by atoms with van der Waals surface area (Å²) < 4.78 is 0. The first-order chi connectivity index (χ1) is 16.7. The first-order valence-corrected chi connectivity index (χ1v) is 13.7. The van der Waals surface area contributed by atoms with Crippen LogP contribution in [0.15, 0.2) is 65.5 Å². The Morgan fingerprint density at radius 1 is 1.03 bits per heavy atom. The minimum absolute atomic E-state index is 0.00745. The molecular formula is C27H27N3O2S2. The van der Waals surface area contributed by atoms with E-state index in [0.29, 0.717) is 23.8 Å². The van der Waals surface area contributed by atoms with E-state index in [0.717, 1.165) is 40.6 Å². The van der Waals surface area contributed by atoms with Crippen LogP contribution in [0.2, 0.25) is 0 Å². The third kappa shape index (κ3) is 5.10. The van der Waals surface area contributed by atoms with Gasteiger partial charge < -0.3 is 10.3 Å². The Morgan fingerprint density at radius 2 is 1.71 bits per heavy atom. The zero-order valence-electron chi connectivity index (χ0n) is 18.9. The molecular weight excluding hydrogens is 462 g/mol. The number of hydrogen-bond donors (Lipinski definition) is 2. The van der Waals surface area contributed by atoms with Crippen molar-refractivity contribution >= 4 is 39.2 Å². The minimum atomic E-state index is -0.176. The highest BCUT2D eigenvalue weighted by Gasteiger charge is 2.20. The number of nitrogens with one attached hydrogen (secondary N) is 2. The molecule has 0 atom stereocenters. The van der Waals surface area contributed by atoms with Crippen LogP contribution in [0, 0.1) is 0 Å². The van der Waals surface area contributed by atoms with Crippen molar-refractivity contribution in [3.8, 4) is 0 Å². The number of fused-ring (bicyclic) bond motifs is 3. The molecule has 0 spiro atoms. The number of aromatic amines is 1. The average Bonchev–Trinajstić information content (AvgIpc) is 3.25. The molecule has 2 aromatic heterocycles. The third-order valence-electron chi connectivity index (χ3n) is 6.16. The van der Waals surface area contributed by atoms with E-state index >= 15 is 0 Å². The van der Waals surface area contributed by atoms with Gasteiger partial charge in [0.15, 0.2) is 0 Å². The van der Waals surface area contributed by atoms with Crippen molar-refractivity contribution in [1.82, 2.24) is 15.3 Å². The van der Waals surface area contributed by atoms with E-state index in [1.165, 1.54) is 16.9 Å². The first-order valence-electron chi connectivity index (χ1n) is 11.7. The molecule has 1 aliphatic carbocycles. The maximum absolute atomic E-state index is 12.8. The van der Waals surface area contributed by atoms with Crippen LogP contribution in [0.4, 0.5) is 0 Å². The fourth-order valence-electron chi connectivity index (χ4n) is 4.49. The highest BCUT2D eigenvalue weighted by molar-refractivity contribution is 7.98. The summed E-state index contributed by atoms with van der Waals surface area (Å²) in [7, 11) is 0. The third-order valence-corrected chi connectivity index (χ3v) is 8.31. The van der Waals surface area contributed by atoms with Gasteiger partial charge in [0.1, 0.15) is 10.7 Å². The Morgan fingerprint density at radius 3 is 2.41 bits per heavy atom. The monoisotopic (exact) mass is 489 g/mol. The van der Waals surface area contributed by atoms with Crippen molar-refractivity contribution in [2.75, 3.05) is 5.75 Å². The number of aromatic nitrogens is 2. The van der Waals surface area contributed by atoms with E-state index in [1.807, 2.05) is 60.7 Å². The zero-order valence-corrected chi connectivity index (χ0v) is 20.5. The lowest BCUT2D eigenvalue weighted by Crippen LogP contribution is -2.29. The topological polar surface area (TPSA) is 74.8 Å². The Hall–Kier alpha value is -2.90. The number of thiophene rings is 1. The second kappa shape index (κ2) is 10.6. The summed E-state index contributed by atoms with van der Waals surface area (Å²) in [5, 5.41) is 3.98. The predicted molar refractivity (Wildman–Crippen MR) is 141 cm³/mol. The Bertz CT molecular complexity index is 1290. The van der Waals surface area contributed by atoms with E-state index in [1.54, 1.807) is 23.1 Å². The van der Waals surface area contributed by atoms with Crippen LogP contribution in [0.1, 0.15) is 52.7 Å². The summed E-state index contributed by atoms with van der Waals surface area (Å²) in [6.07, 6.45) is 4.78. The molecule has 2 heterocycles. The summed E-state index contributed by atoms with van der Waals surface area (Å²) in [4.78, 5) is 35.3. The number of carbonyl (C=O) groups excluding carboxylic acids is 1. The maximum Gasteiger partial charge on any atom is 0.259 e. The van der Waals surface area contributed by atoms with Crippen molar-refractivity contribution in [1.29, 1.82) is 0 Å². The van der Waals surface area contributed by atoms with E-state index in [-0.39, 0.29) is 17.5 Å². The normalized spacial score (nSPS) is 13.2. The Labute approximate surface area is 207 Å². The van der Waals surface area contributed by atoms with Crippen LogP contribution in [-0.4, -0.2) is 21.6 Å². The van der Waals surface area contributed by atoms with E-state index in [4.69, 9.17) is 4.98 Å². The quantitative estimate of drug-likeness (QED) is 0.325. The molecule has 0 radical (unpaired) electrons. The molecule has 7 heteroatoms. The van der Waals surface area contributed by atoms with Gasteiger partial charge in [0.2, 0.25) is 5.91 Å². The van der Waals surface area contributed by atoms with Crippen molar-refractivity contribution < 1.29 is 4.79 Å². The second-order valence-corrected chi connectivity index (χ2v) is 10.7. The smallest absolute Gasteiger partial charge is 0.259 e. The van der Waals surface area contributed by atoms with Crippen LogP contribution < -0.4 is 10.9 Å². The Balaban J connectivity index is 1.19. The summed E-state index contributed by atoms with van der Waals surface area (Å²) in [6, 6.07) is 19.9. The van der Waals surface area contributed by atoms with E-state index in [9.17, 15) is 9.59 Å². The standard InChI is InChI=1S/C27H27N3O2S2/c31-23(30-25(18-9-3-1-4-10-18)19-11-5-2-6-12-19)15-16-33-17-22-28-26(32)24-20-13-7-8-14-21(20)34-27(24)29-22/h1-6,9-12,25H,7-8,13-17H2,(H,30,31)(H,28,29,32). The molecule has 0 saturated carbocycles. The highest BCUT2D eigenvalue weighted by atomic mass is 32.2. The summed E-state index contributed by atoms with van der Waals surface area (Å²) in [6.45, 7) is 0. The Kier molecular flexibility index (Phi) is 7.11. The van der Waals surface area contributed by atoms with Gasteiger partial charge in [-0.2, -0.15) is 11.8 Å². The summed E-state index contributed by atoms with van der Waals surface area (Å²) >= 11 is 3.29. The molecule has 0 fully saturated rings. The van der Waals surface area contributed by atoms with Gasteiger partial charge >= 0.3 is 0 Å². The molecule has 1 aliphatic rings. The van der Waals surface area contributed by atoms with Gasteiger partial charge in [-0.3, -0.25) is 9.59 Å². The number of carbonyl (C=O) groups is 1. The molecule has 5 nitrogen and oxygen atoms in total. The van der Waals surface area contributed by atoms with Crippen molar-refractivity contribution in [2.24, 2.45) is 0 Å². The average molecular weight is 490 g/mol. The van der Waals surface area contributed by atoms with Gasteiger partial charge in [-0.1, -0.05) is 60.7 Å². The van der Waals surface area contributed by atoms with Gasteiger partial charge in [-0.15, -0.1) is 11.3 Å². The van der Waals surface area contributed by atoms with Gasteiger partial charge in [0, 0.05) is 17.1 Å². The lowest BCUT2D eigenvalue weighted by Gasteiger charge is -2.20. The molecule has 34 heavy (non-hydrogen) atoms. The number of thioether (sulfide) groups is 1. The zero-order chi connectivity index (χ0) is 23.3. The number of amides is 1. The highest BCUT2D eigenvalue weighted by Crippen LogP contribution is 2.33. The van der Waals surface area contributed by atoms with Crippen molar-refractivity contribution in [2.45, 2.75) is 43.9 Å². The molecule has 174 valence electrons. The number of rotatable bonds is 8. The number of H-pyrrole nitrogens is 1. The predicted octanol–water partition coefficient (Wildman–Crippen LogP) is 5.39. The van der Waals surface area contributed by atoms with E-state index in [2.05, 4.69) is 10.3 Å². The maximum atomic E-state index is 12.8. The molecule has 2 aromatic carbocycles. The molecule has 2 N–H and O–H groups in total. The van der Waals surface area contributed by atoms with Crippen LogP contribution in [0.5, 0.6) is 0 Å². The van der Waals surface area contributed by atoms with Crippen LogP contribution in [-0.2, 0) is 23.4 Å². The molecule has 1 amide bonds. The minimum Gasteiger partial charge on any atom is -0.345 e. The number of nitrogens with zero attached hydrogens (tertiary/aromatic N) is 1. The molecule has 4 aromatic rings. The number of benzene rings is 2. The van der Waals surface area contributed by atoms with Crippen LogP contribution in [0.25, 0.3) is 10.2 Å². The van der Waals surface area contributed by atoms with Gasteiger partial charge in [0.05, 0.1) is 17.2 Å². The summed E-state index contributed by atoms with van der Waals surface area (Å²) in [5.41, 5.74) is 3.31. The largest absolute Gasteiger partial charge is 0.345 e. The molecule has 5 rings (SSSR count).